The Morgan fingerprint density at radius 1 is 1.20 bits per heavy atom. The van der Waals surface area contributed by atoms with Gasteiger partial charge in [0.05, 0.1) is 17.8 Å². The molecule has 3 aromatic rings. The van der Waals surface area contributed by atoms with Crippen molar-refractivity contribution in [2.75, 3.05) is 37.6 Å². The van der Waals surface area contributed by atoms with E-state index in [1.807, 2.05) is 29.6 Å². The van der Waals surface area contributed by atoms with Crippen LogP contribution in [0.4, 0.5) is 5.82 Å². The highest BCUT2D eigenvalue weighted by molar-refractivity contribution is 5.91. The lowest BCUT2D eigenvalue weighted by Crippen LogP contribution is -2.36. The molecule has 1 fully saturated rings. The van der Waals surface area contributed by atoms with Crippen molar-refractivity contribution in [3.63, 3.8) is 0 Å². The first-order valence-corrected chi connectivity index (χ1v) is 8.62. The molecule has 1 aliphatic rings. The van der Waals surface area contributed by atoms with E-state index in [1.165, 1.54) is 0 Å². The number of para-hydroxylation sites is 1. The Balaban J connectivity index is 1.73. The molecular weight excluding hydrogens is 316 g/mol. The zero-order valence-corrected chi connectivity index (χ0v) is 14.4. The third kappa shape index (κ3) is 3.02. The number of primary amides is 1. The number of carbonyl (C=O) groups is 1. The smallest absolute Gasteiger partial charge is 0.231 e. The van der Waals surface area contributed by atoms with Crippen molar-refractivity contribution >= 4 is 28.3 Å². The molecule has 0 aliphatic carbocycles. The molecule has 0 atom stereocenters. The normalized spacial score (nSPS) is 16.4. The number of nitrogens with two attached hydrogens (primary N) is 1. The van der Waals surface area contributed by atoms with Crippen LogP contribution in [-0.2, 0) is 4.79 Å². The second-order valence-corrected chi connectivity index (χ2v) is 6.59. The van der Waals surface area contributed by atoms with Crippen LogP contribution in [0.1, 0.15) is 12.1 Å². The van der Waals surface area contributed by atoms with Gasteiger partial charge in [-0.3, -0.25) is 9.69 Å². The second-order valence-electron chi connectivity index (χ2n) is 6.59. The molecule has 25 heavy (non-hydrogen) atoms. The number of carbonyl (C=O) groups excluding carboxylic acids is 1. The summed E-state index contributed by atoms with van der Waals surface area (Å²) in [6, 6.07) is 10.2. The van der Waals surface area contributed by atoms with Crippen molar-refractivity contribution < 1.29 is 4.79 Å². The van der Waals surface area contributed by atoms with E-state index in [4.69, 9.17) is 10.7 Å². The Morgan fingerprint density at radius 2 is 2.04 bits per heavy atom. The molecule has 7 nitrogen and oxygen atoms in total. The number of aromatic nitrogens is 3. The number of hydrogen-bond acceptors (Lipinski definition) is 5. The maximum atomic E-state index is 11.2. The molecule has 1 aliphatic heterocycles. The van der Waals surface area contributed by atoms with Crippen molar-refractivity contribution in [3.05, 3.63) is 36.0 Å². The fraction of sp³-hybridized carbons (Fsp3) is 0.389. The Bertz CT molecular complexity index is 934. The number of fused-ring (bicyclic) bond motifs is 3. The van der Waals surface area contributed by atoms with E-state index in [0.29, 0.717) is 6.54 Å². The minimum absolute atomic E-state index is 0.270. The van der Waals surface area contributed by atoms with Gasteiger partial charge in [0.15, 0.2) is 5.65 Å². The van der Waals surface area contributed by atoms with Crippen LogP contribution in [-0.4, -0.2) is 58.1 Å². The Hall–Kier alpha value is -2.67. The third-order valence-corrected chi connectivity index (χ3v) is 4.67. The van der Waals surface area contributed by atoms with Crippen molar-refractivity contribution in [3.8, 4) is 0 Å². The van der Waals surface area contributed by atoms with E-state index < -0.39 is 0 Å². The zero-order chi connectivity index (χ0) is 17.4. The molecule has 1 aromatic carbocycles. The summed E-state index contributed by atoms with van der Waals surface area (Å²) in [4.78, 5) is 20.5. The van der Waals surface area contributed by atoms with Crippen molar-refractivity contribution in [1.29, 1.82) is 0 Å². The highest BCUT2D eigenvalue weighted by atomic mass is 16.1. The molecule has 3 heterocycles. The molecule has 0 bridgehead atoms. The van der Waals surface area contributed by atoms with Crippen LogP contribution in [0.3, 0.4) is 0 Å². The topological polar surface area (TPSA) is 79.8 Å². The number of amides is 1. The number of aryl methyl sites for hydroxylation is 1. The first kappa shape index (κ1) is 15.8. The summed E-state index contributed by atoms with van der Waals surface area (Å²) in [7, 11) is 0. The molecule has 1 amide bonds. The van der Waals surface area contributed by atoms with Crippen molar-refractivity contribution in [1.82, 2.24) is 19.5 Å². The Kier molecular flexibility index (Phi) is 4.01. The van der Waals surface area contributed by atoms with Gasteiger partial charge in [-0.05, 0) is 25.5 Å². The van der Waals surface area contributed by atoms with E-state index in [9.17, 15) is 4.79 Å². The van der Waals surface area contributed by atoms with Crippen LogP contribution in [0.2, 0.25) is 0 Å². The molecule has 0 saturated carbocycles. The summed E-state index contributed by atoms with van der Waals surface area (Å²) in [5.41, 5.74) is 8.23. The highest BCUT2D eigenvalue weighted by Gasteiger charge is 2.20. The molecule has 0 unspecified atom stereocenters. The van der Waals surface area contributed by atoms with E-state index >= 15 is 0 Å². The maximum Gasteiger partial charge on any atom is 0.231 e. The molecule has 4 rings (SSSR count). The SMILES string of the molecule is Cc1cc2nc(N3CCCN(CC(N)=O)CC3)c3ccccc3n2n1. The molecule has 2 N–H and O–H groups in total. The van der Waals surface area contributed by atoms with E-state index in [0.717, 1.165) is 60.7 Å². The summed E-state index contributed by atoms with van der Waals surface area (Å²) >= 11 is 0. The molecule has 130 valence electrons. The summed E-state index contributed by atoms with van der Waals surface area (Å²) in [6.07, 6.45) is 0.979. The van der Waals surface area contributed by atoms with E-state index in [1.54, 1.807) is 0 Å². The van der Waals surface area contributed by atoms with Crippen molar-refractivity contribution in [2.45, 2.75) is 13.3 Å². The average molecular weight is 338 g/mol. The standard InChI is InChI=1S/C18H22N6O/c1-13-11-17-20-18(14-5-2-3-6-15(14)24(17)21-13)23-8-4-7-22(9-10-23)12-16(19)25/h2-3,5-6,11H,4,7-10,12H2,1H3,(H2,19,25). The van der Waals surface area contributed by atoms with Crippen LogP contribution in [0.15, 0.2) is 30.3 Å². The summed E-state index contributed by atoms with van der Waals surface area (Å²) in [5.74, 6) is 0.720. The van der Waals surface area contributed by atoms with Crippen molar-refractivity contribution in [2.24, 2.45) is 5.73 Å². The second kappa shape index (κ2) is 6.33. The minimum atomic E-state index is -0.270. The highest BCUT2D eigenvalue weighted by Crippen LogP contribution is 2.27. The molecule has 2 aromatic heterocycles. The number of nitrogens with zero attached hydrogens (tertiary/aromatic N) is 5. The largest absolute Gasteiger partial charge is 0.369 e. The Labute approximate surface area is 146 Å². The summed E-state index contributed by atoms with van der Waals surface area (Å²) < 4.78 is 1.91. The fourth-order valence-corrected chi connectivity index (χ4v) is 3.56. The van der Waals surface area contributed by atoms with Gasteiger partial charge in [-0.1, -0.05) is 12.1 Å². The Morgan fingerprint density at radius 3 is 2.88 bits per heavy atom. The van der Waals surface area contributed by atoms with E-state index in [2.05, 4.69) is 27.0 Å². The first-order chi connectivity index (χ1) is 12.1. The van der Waals surface area contributed by atoms with Gasteiger partial charge in [-0.15, -0.1) is 0 Å². The lowest BCUT2D eigenvalue weighted by atomic mass is 10.2. The molecule has 7 heteroatoms. The van der Waals surface area contributed by atoms with Gasteiger partial charge in [0, 0.05) is 37.6 Å². The summed E-state index contributed by atoms with van der Waals surface area (Å²) in [5, 5.41) is 5.67. The predicted octanol–water partition coefficient (Wildman–Crippen LogP) is 1.19. The van der Waals surface area contributed by atoms with Crippen LogP contribution in [0.25, 0.3) is 16.6 Å². The summed E-state index contributed by atoms with van der Waals surface area (Å²) in [6.45, 7) is 5.73. The van der Waals surface area contributed by atoms with Gasteiger partial charge in [0.25, 0.3) is 0 Å². The van der Waals surface area contributed by atoms with Gasteiger partial charge in [-0.25, -0.2) is 9.50 Å². The van der Waals surface area contributed by atoms with Gasteiger partial charge in [-0.2, -0.15) is 5.10 Å². The van der Waals surface area contributed by atoms with Gasteiger partial charge in [0.1, 0.15) is 5.82 Å². The molecule has 0 radical (unpaired) electrons. The van der Waals surface area contributed by atoms with Crippen LogP contribution >= 0.6 is 0 Å². The molecule has 0 spiro atoms. The van der Waals surface area contributed by atoms with Gasteiger partial charge < -0.3 is 10.6 Å². The number of benzene rings is 1. The van der Waals surface area contributed by atoms with Gasteiger partial charge >= 0.3 is 0 Å². The molecular formula is C18H22N6O. The maximum absolute atomic E-state index is 11.2. The monoisotopic (exact) mass is 338 g/mol. The van der Waals surface area contributed by atoms with Crippen LogP contribution in [0, 0.1) is 6.92 Å². The fourth-order valence-electron chi connectivity index (χ4n) is 3.56. The number of anilines is 1. The minimum Gasteiger partial charge on any atom is -0.369 e. The lowest BCUT2D eigenvalue weighted by Gasteiger charge is -2.23. The number of rotatable bonds is 3. The van der Waals surface area contributed by atoms with Gasteiger partial charge in [0.2, 0.25) is 5.91 Å². The average Bonchev–Trinajstić information content (AvgIpc) is 2.81. The first-order valence-electron chi connectivity index (χ1n) is 8.62. The quantitative estimate of drug-likeness (QED) is 0.776. The van der Waals surface area contributed by atoms with Crippen LogP contribution in [0.5, 0.6) is 0 Å². The van der Waals surface area contributed by atoms with E-state index in [-0.39, 0.29) is 5.91 Å². The zero-order valence-electron chi connectivity index (χ0n) is 14.4. The lowest BCUT2D eigenvalue weighted by molar-refractivity contribution is -0.119. The third-order valence-electron chi connectivity index (χ3n) is 4.67. The molecule has 1 saturated heterocycles. The number of hydrogen-bond donors (Lipinski definition) is 1. The van der Waals surface area contributed by atoms with Crippen LogP contribution < -0.4 is 10.6 Å². The predicted molar refractivity (Wildman–Crippen MR) is 97.7 cm³/mol.